The predicted molar refractivity (Wildman–Crippen MR) is 75.8 cm³/mol. The van der Waals surface area contributed by atoms with Gasteiger partial charge in [0.05, 0.1) is 6.61 Å². The molecule has 1 unspecified atom stereocenters. The highest BCUT2D eigenvalue weighted by molar-refractivity contribution is 9.10. The molecule has 0 aliphatic carbocycles. The van der Waals surface area contributed by atoms with Crippen molar-refractivity contribution in [3.05, 3.63) is 53.0 Å². The van der Waals surface area contributed by atoms with Gasteiger partial charge in [-0.1, -0.05) is 40.2 Å². The largest absolute Gasteiger partial charge is 0.465 e. The first kappa shape index (κ1) is 11.8. The van der Waals surface area contributed by atoms with Crippen LogP contribution in [0.25, 0.3) is 10.8 Å². The van der Waals surface area contributed by atoms with E-state index >= 15 is 0 Å². The second kappa shape index (κ2) is 5.12. The maximum Gasteiger partial charge on any atom is 0.203 e. The van der Waals surface area contributed by atoms with Crippen LogP contribution in [0.3, 0.4) is 0 Å². The van der Waals surface area contributed by atoms with E-state index in [1.807, 2.05) is 24.3 Å². The highest BCUT2D eigenvalue weighted by Crippen LogP contribution is 2.25. The van der Waals surface area contributed by atoms with Crippen LogP contribution in [-0.2, 0) is 4.74 Å². The monoisotopic (exact) mass is 304 g/mol. The summed E-state index contributed by atoms with van der Waals surface area (Å²) < 4.78 is 12.4. The average molecular weight is 305 g/mol. The number of fused-ring (bicyclic) bond motifs is 1. The molecular weight excluding hydrogens is 292 g/mol. The Hall–Kier alpha value is -1.32. The smallest absolute Gasteiger partial charge is 0.203 e. The van der Waals surface area contributed by atoms with Gasteiger partial charge < -0.3 is 9.47 Å². The fraction of sp³-hybridized carbons (Fsp3) is 0.200. The van der Waals surface area contributed by atoms with Crippen molar-refractivity contribution in [3.63, 3.8) is 0 Å². The quantitative estimate of drug-likeness (QED) is 0.771. The SMILES string of the molecule is Brc1ccc2cc(OC3CC=CCO3)ccc2c1. The van der Waals surface area contributed by atoms with E-state index < -0.39 is 0 Å². The van der Waals surface area contributed by atoms with Crippen LogP contribution in [0.1, 0.15) is 6.42 Å². The van der Waals surface area contributed by atoms with Gasteiger partial charge in [0.25, 0.3) is 0 Å². The van der Waals surface area contributed by atoms with Crippen LogP contribution in [0.15, 0.2) is 53.0 Å². The summed E-state index contributed by atoms with van der Waals surface area (Å²) in [6, 6.07) is 12.3. The summed E-state index contributed by atoms with van der Waals surface area (Å²) in [5, 5.41) is 2.36. The van der Waals surface area contributed by atoms with Crippen LogP contribution in [-0.4, -0.2) is 12.9 Å². The molecule has 2 aromatic rings. The van der Waals surface area contributed by atoms with Gasteiger partial charge in [-0.05, 0) is 35.0 Å². The molecule has 0 bridgehead atoms. The molecule has 0 saturated carbocycles. The summed E-state index contributed by atoms with van der Waals surface area (Å²) in [4.78, 5) is 0. The van der Waals surface area contributed by atoms with Crippen molar-refractivity contribution >= 4 is 26.7 Å². The third-order valence-electron chi connectivity index (χ3n) is 2.91. The zero-order valence-corrected chi connectivity index (χ0v) is 11.4. The average Bonchev–Trinajstić information content (AvgIpc) is 2.40. The molecule has 0 radical (unpaired) electrons. The van der Waals surface area contributed by atoms with Crippen LogP contribution in [0.2, 0.25) is 0 Å². The molecule has 3 rings (SSSR count). The summed E-state index contributed by atoms with van der Waals surface area (Å²) in [6.45, 7) is 0.630. The Morgan fingerprint density at radius 2 is 1.89 bits per heavy atom. The van der Waals surface area contributed by atoms with E-state index in [1.54, 1.807) is 0 Å². The van der Waals surface area contributed by atoms with Crippen LogP contribution in [0, 0.1) is 0 Å². The molecule has 1 atom stereocenters. The molecule has 2 nitrogen and oxygen atoms in total. The summed E-state index contributed by atoms with van der Waals surface area (Å²) in [6.07, 6.45) is 4.74. The van der Waals surface area contributed by atoms with Gasteiger partial charge in [-0.3, -0.25) is 0 Å². The number of halogens is 1. The Morgan fingerprint density at radius 3 is 2.72 bits per heavy atom. The van der Waals surface area contributed by atoms with Gasteiger partial charge in [0.1, 0.15) is 5.75 Å². The highest BCUT2D eigenvalue weighted by Gasteiger charge is 2.11. The fourth-order valence-electron chi connectivity index (χ4n) is 2.01. The van der Waals surface area contributed by atoms with Gasteiger partial charge in [0.2, 0.25) is 6.29 Å². The Balaban J connectivity index is 1.84. The molecule has 18 heavy (non-hydrogen) atoms. The third kappa shape index (κ3) is 2.57. The molecule has 0 spiro atoms. The van der Waals surface area contributed by atoms with E-state index in [0.717, 1.165) is 16.6 Å². The van der Waals surface area contributed by atoms with Gasteiger partial charge in [0, 0.05) is 10.9 Å². The maximum atomic E-state index is 5.81. The maximum absolute atomic E-state index is 5.81. The lowest BCUT2D eigenvalue weighted by atomic mass is 10.1. The minimum atomic E-state index is -0.164. The number of benzene rings is 2. The normalized spacial score (nSPS) is 19.1. The van der Waals surface area contributed by atoms with Crippen molar-refractivity contribution in [2.75, 3.05) is 6.61 Å². The third-order valence-corrected chi connectivity index (χ3v) is 3.41. The molecule has 0 amide bonds. The second-order valence-corrected chi connectivity index (χ2v) is 5.16. The van der Waals surface area contributed by atoms with Crippen LogP contribution in [0.5, 0.6) is 5.75 Å². The summed E-state index contributed by atoms with van der Waals surface area (Å²) in [7, 11) is 0. The molecule has 0 N–H and O–H groups in total. The zero-order chi connectivity index (χ0) is 12.4. The lowest BCUT2D eigenvalue weighted by Crippen LogP contribution is -2.22. The van der Waals surface area contributed by atoms with Gasteiger partial charge in [-0.25, -0.2) is 0 Å². The Labute approximate surface area is 114 Å². The molecule has 0 saturated heterocycles. The fourth-order valence-corrected chi connectivity index (χ4v) is 2.39. The number of ether oxygens (including phenoxy) is 2. The van der Waals surface area contributed by atoms with E-state index in [2.05, 4.69) is 40.2 Å². The van der Waals surface area contributed by atoms with E-state index in [9.17, 15) is 0 Å². The number of hydrogen-bond acceptors (Lipinski definition) is 2. The van der Waals surface area contributed by atoms with Gasteiger partial charge in [0.15, 0.2) is 0 Å². The molecule has 2 aromatic carbocycles. The molecule has 0 fully saturated rings. The van der Waals surface area contributed by atoms with Crippen LogP contribution >= 0.6 is 15.9 Å². The molecule has 3 heteroatoms. The Kier molecular flexibility index (Phi) is 3.35. The van der Waals surface area contributed by atoms with Crippen molar-refractivity contribution in [1.29, 1.82) is 0 Å². The first-order valence-electron chi connectivity index (χ1n) is 5.94. The van der Waals surface area contributed by atoms with E-state index in [-0.39, 0.29) is 6.29 Å². The predicted octanol–water partition coefficient (Wildman–Crippen LogP) is 4.28. The van der Waals surface area contributed by atoms with Gasteiger partial charge in [-0.15, -0.1) is 0 Å². The first-order valence-corrected chi connectivity index (χ1v) is 6.73. The standard InChI is InChI=1S/C15H13BrO2/c16-13-6-4-12-10-14(7-5-11(12)9-13)18-15-3-1-2-8-17-15/h1-2,4-7,9-10,15H,3,8H2. The van der Waals surface area contributed by atoms with Crippen molar-refractivity contribution < 1.29 is 9.47 Å². The summed E-state index contributed by atoms with van der Waals surface area (Å²) >= 11 is 3.47. The van der Waals surface area contributed by atoms with E-state index in [4.69, 9.17) is 9.47 Å². The van der Waals surface area contributed by atoms with E-state index in [0.29, 0.717) is 6.61 Å². The zero-order valence-electron chi connectivity index (χ0n) is 9.80. The molecule has 1 aliphatic heterocycles. The summed E-state index contributed by atoms with van der Waals surface area (Å²) in [5.74, 6) is 0.852. The first-order chi connectivity index (χ1) is 8.81. The lowest BCUT2D eigenvalue weighted by molar-refractivity contribution is -0.0719. The topological polar surface area (TPSA) is 18.5 Å². The van der Waals surface area contributed by atoms with Gasteiger partial charge >= 0.3 is 0 Å². The lowest BCUT2D eigenvalue weighted by Gasteiger charge is -2.20. The second-order valence-electron chi connectivity index (χ2n) is 4.24. The van der Waals surface area contributed by atoms with Crippen molar-refractivity contribution in [2.24, 2.45) is 0 Å². The Bertz CT molecular complexity index is 592. The molecular formula is C15H13BrO2. The van der Waals surface area contributed by atoms with E-state index in [1.165, 1.54) is 10.8 Å². The molecule has 0 aromatic heterocycles. The molecule has 92 valence electrons. The Morgan fingerprint density at radius 1 is 1.06 bits per heavy atom. The van der Waals surface area contributed by atoms with Crippen LogP contribution < -0.4 is 4.74 Å². The van der Waals surface area contributed by atoms with Crippen molar-refractivity contribution in [1.82, 2.24) is 0 Å². The van der Waals surface area contributed by atoms with Crippen molar-refractivity contribution in [2.45, 2.75) is 12.7 Å². The van der Waals surface area contributed by atoms with Crippen molar-refractivity contribution in [3.8, 4) is 5.75 Å². The summed E-state index contributed by atoms with van der Waals surface area (Å²) in [5.41, 5.74) is 0. The number of rotatable bonds is 2. The minimum absolute atomic E-state index is 0.164. The highest BCUT2D eigenvalue weighted by atomic mass is 79.9. The van der Waals surface area contributed by atoms with Crippen LogP contribution in [0.4, 0.5) is 0 Å². The molecule has 1 heterocycles. The molecule has 1 aliphatic rings. The van der Waals surface area contributed by atoms with Gasteiger partial charge in [-0.2, -0.15) is 0 Å². The minimum Gasteiger partial charge on any atom is -0.465 e. The number of hydrogen-bond donors (Lipinski definition) is 0.